The first kappa shape index (κ1) is 18.0. The van der Waals surface area contributed by atoms with E-state index in [4.69, 9.17) is 16.7 Å². The quantitative estimate of drug-likeness (QED) is 0.776. The highest BCUT2D eigenvalue weighted by molar-refractivity contribution is 8.18. The molecule has 2 N–H and O–H groups in total. The van der Waals surface area contributed by atoms with Crippen LogP contribution in [0.15, 0.2) is 52.4 Å². The Balaban J connectivity index is 1.87. The second-order valence-electron chi connectivity index (χ2n) is 5.43. The fraction of sp³-hybridized carbons (Fsp3) is 0.0556. The van der Waals surface area contributed by atoms with Gasteiger partial charge < -0.3 is 10.2 Å². The molecular formula is C18H13ClN2O4S. The van der Waals surface area contributed by atoms with Crippen molar-refractivity contribution in [3.8, 4) is 5.75 Å². The standard InChI is InChI=1S/C18H13ClN2O4S/c1-21-16(23)15(9-10-2-7-14(22)13(19)8-10)26-18(21)20-12-5-3-11(4-6-12)17(24)25/h2-9,22H,1H3,(H,24,25)/b15-9-,20-18?. The van der Waals surface area contributed by atoms with Crippen molar-refractivity contribution in [1.29, 1.82) is 0 Å². The molecule has 0 saturated carbocycles. The third-order valence-corrected chi connectivity index (χ3v) is 4.97. The summed E-state index contributed by atoms with van der Waals surface area (Å²) in [6, 6.07) is 10.8. The monoisotopic (exact) mass is 388 g/mol. The lowest BCUT2D eigenvalue weighted by atomic mass is 10.2. The first-order valence-corrected chi connectivity index (χ1v) is 8.63. The largest absolute Gasteiger partial charge is 0.506 e. The highest BCUT2D eigenvalue weighted by Crippen LogP contribution is 2.34. The van der Waals surface area contributed by atoms with Crippen LogP contribution >= 0.6 is 23.4 Å². The van der Waals surface area contributed by atoms with Crippen molar-refractivity contribution in [3.05, 3.63) is 63.5 Å². The van der Waals surface area contributed by atoms with Gasteiger partial charge in [0.15, 0.2) is 5.17 Å². The average molecular weight is 389 g/mol. The number of amides is 1. The molecular weight excluding hydrogens is 376 g/mol. The second kappa shape index (κ2) is 7.23. The van der Waals surface area contributed by atoms with Gasteiger partial charge in [0.05, 0.1) is 21.2 Å². The number of benzene rings is 2. The van der Waals surface area contributed by atoms with Crippen molar-refractivity contribution in [2.24, 2.45) is 4.99 Å². The summed E-state index contributed by atoms with van der Waals surface area (Å²) in [4.78, 5) is 29.6. The van der Waals surface area contributed by atoms with Crippen molar-refractivity contribution in [1.82, 2.24) is 4.90 Å². The van der Waals surface area contributed by atoms with E-state index in [2.05, 4.69) is 4.99 Å². The summed E-state index contributed by atoms with van der Waals surface area (Å²) in [5.41, 5.74) is 1.40. The zero-order valence-corrected chi connectivity index (χ0v) is 15.1. The summed E-state index contributed by atoms with van der Waals surface area (Å²) >= 11 is 7.09. The fourth-order valence-corrected chi connectivity index (χ4v) is 3.38. The van der Waals surface area contributed by atoms with Crippen LogP contribution in [0.5, 0.6) is 5.75 Å². The van der Waals surface area contributed by atoms with Crippen LogP contribution in [0.1, 0.15) is 15.9 Å². The molecule has 1 aliphatic rings. The minimum absolute atomic E-state index is 0.0246. The molecule has 0 radical (unpaired) electrons. The van der Waals surface area contributed by atoms with Gasteiger partial charge in [0.2, 0.25) is 0 Å². The van der Waals surface area contributed by atoms with Crippen LogP contribution in [-0.2, 0) is 4.79 Å². The predicted molar refractivity (Wildman–Crippen MR) is 102 cm³/mol. The van der Waals surface area contributed by atoms with Gasteiger partial charge in [-0.05, 0) is 59.8 Å². The molecule has 1 fully saturated rings. The Morgan fingerprint density at radius 3 is 2.54 bits per heavy atom. The zero-order valence-electron chi connectivity index (χ0n) is 13.5. The van der Waals surface area contributed by atoms with E-state index in [-0.39, 0.29) is 22.2 Å². The van der Waals surface area contributed by atoms with Crippen molar-refractivity contribution < 1.29 is 19.8 Å². The molecule has 0 unspecified atom stereocenters. The highest BCUT2D eigenvalue weighted by atomic mass is 35.5. The van der Waals surface area contributed by atoms with Gasteiger partial charge in [-0.1, -0.05) is 17.7 Å². The zero-order chi connectivity index (χ0) is 18.8. The number of carbonyl (C=O) groups is 2. The van der Waals surface area contributed by atoms with Crippen LogP contribution in [-0.4, -0.2) is 39.2 Å². The van der Waals surface area contributed by atoms with E-state index in [1.54, 1.807) is 37.4 Å². The van der Waals surface area contributed by atoms with E-state index in [9.17, 15) is 14.7 Å². The van der Waals surface area contributed by atoms with E-state index >= 15 is 0 Å². The molecule has 0 bridgehead atoms. The predicted octanol–water partition coefficient (Wildman–Crippen LogP) is 3.98. The lowest BCUT2D eigenvalue weighted by molar-refractivity contribution is -0.121. The topological polar surface area (TPSA) is 90.2 Å². The summed E-state index contributed by atoms with van der Waals surface area (Å²) in [6.45, 7) is 0. The normalized spacial score (nSPS) is 17.3. The molecule has 0 spiro atoms. The number of amidine groups is 1. The average Bonchev–Trinajstić information content (AvgIpc) is 2.87. The molecule has 2 aromatic carbocycles. The van der Waals surface area contributed by atoms with Crippen LogP contribution in [0.2, 0.25) is 5.02 Å². The molecule has 8 heteroatoms. The third kappa shape index (κ3) is 3.74. The van der Waals surface area contributed by atoms with Crippen molar-refractivity contribution in [2.75, 3.05) is 7.05 Å². The van der Waals surface area contributed by atoms with Crippen molar-refractivity contribution >= 4 is 52.2 Å². The maximum Gasteiger partial charge on any atom is 0.335 e. The van der Waals surface area contributed by atoms with Gasteiger partial charge in [-0.3, -0.25) is 9.69 Å². The molecule has 0 atom stereocenters. The smallest absolute Gasteiger partial charge is 0.335 e. The van der Waals surface area contributed by atoms with E-state index in [1.165, 1.54) is 34.9 Å². The van der Waals surface area contributed by atoms with Crippen LogP contribution < -0.4 is 0 Å². The molecule has 1 amide bonds. The number of aliphatic imine (C=N–C) groups is 1. The minimum Gasteiger partial charge on any atom is -0.506 e. The minimum atomic E-state index is -1.01. The number of halogens is 1. The number of carboxylic acids is 1. The maximum absolute atomic E-state index is 12.4. The molecule has 2 aromatic rings. The molecule has 1 aliphatic heterocycles. The number of thioether (sulfide) groups is 1. The van der Waals surface area contributed by atoms with Crippen LogP contribution in [0.25, 0.3) is 6.08 Å². The molecule has 0 aromatic heterocycles. The second-order valence-corrected chi connectivity index (χ2v) is 6.85. The maximum atomic E-state index is 12.4. The Morgan fingerprint density at radius 1 is 1.23 bits per heavy atom. The van der Waals surface area contributed by atoms with E-state index in [0.717, 1.165) is 0 Å². The third-order valence-electron chi connectivity index (χ3n) is 3.61. The number of carboxylic acid groups (broad SMARTS) is 1. The number of aromatic hydroxyl groups is 1. The summed E-state index contributed by atoms with van der Waals surface area (Å²) in [6.07, 6.45) is 1.67. The van der Waals surface area contributed by atoms with E-state index in [0.29, 0.717) is 21.3 Å². The lowest BCUT2D eigenvalue weighted by Gasteiger charge is -2.07. The van der Waals surface area contributed by atoms with E-state index in [1.807, 2.05) is 0 Å². The summed E-state index contributed by atoms with van der Waals surface area (Å²) in [5, 5.41) is 19.1. The molecule has 6 nitrogen and oxygen atoms in total. The molecule has 3 rings (SSSR count). The number of likely N-dealkylation sites (N-methyl/N-ethyl adjacent to an activating group) is 1. The first-order chi connectivity index (χ1) is 12.3. The SMILES string of the molecule is CN1C(=O)/C(=C/c2ccc(O)c(Cl)c2)SC1=Nc1ccc(C(=O)O)cc1. The van der Waals surface area contributed by atoms with Crippen molar-refractivity contribution in [3.63, 3.8) is 0 Å². The number of hydrogen-bond acceptors (Lipinski definition) is 5. The van der Waals surface area contributed by atoms with Gasteiger partial charge in [0.25, 0.3) is 5.91 Å². The van der Waals surface area contributed by atoms with Gasteiger partial charge in [0, 0.05) is 7.05 Å². The Bertz CT molecular complexity index is 954. The van der Waals surface area contributed by atoms with Crippen LogP contribution in [0, 0.1) is 0 Å². The highest BCUT2D eigenvalue weighted by Gasteiger charge is 2.30. The number of carbonyl (C=O) groups excluding carboxylic acids is 1. The van der Waals surface area contributed by atoms with Gasteiger partial charge in [-0.25, -0.2) is 9.79 Å². The first-order valence-electron chi connectivity index (χ1n) is 7.43. The molecule has 0 aliphatic carbocycles. The van der Waals surface area contributed by atoms with Crippen LogP contribution in [0.3, 0.4) is 0 Å². The number of rotatable bonds is 3. The number of phenolic OH excluding ortho intramolecular Hbond substituents is 1. The number of phenols is 1. The van der Waals surface area contributed by atoms with Gasteiger partial charge >= 0.3 is 5.97 Å². The number of aromatic carboxylic acids is 1. The summed E-state index contributed by atoms with van der Waals surface area (Å²) in [7, 11) is 1.62. The van der Waals surface area contributed by atoms with Crippen LogP contribution in [0.4, 0.5) is 5.69 Å². The number of hydrogen-bond donors (Lipinski definition) is 2. The molecule has 1 heterocycles. The van der Waals surface area contributed by atoms with Gasteiger partial charge in [0.1, 0.15) is 5.75 Å². The molecule has 132 valence electrons. The Morgan fingerprint density at radius 2 is 1.92 bits per heavy atom. The summed E-state index contributed by atoms with van der Waals surface area (Å²) in [5.74, 6) is -1.24. The summed E-state index contributed by atoms with van der Waals surface area (Å²) < 4.78 is 0. The van der Waals surface area contributed by atoms with Gasteiger partial charge in [-0.15, -0.1) is 0 Å². The van der Waals surface area contributed by atoms with E-state index < -0.39 is 5.97 Å². The number of nitrogens with zero attached hydrogens (tertiary/aromatic N) is 2. The Kier molecular flexibility index (Phi) is 5.01. The Labute approximate surface area is 158 Å². The molecule has 26 heavy (non-hydrogen) atoms. The van der Waals surface area contributed by atoms with Crippen molar-refractivity contribution in [2.45, 2.75) is 0 Å². The Hall–Kier alpha value is -2.77. The fourth-order valence-electron chi connectivity index (χ4n) is 2.20. The molecule has 1 saturated heterocycles. The lowest BCUT2D eigenvalue weighted by Crippen LogP contribution is -2.23. The van der Waals surface area contributed by atoms with Gasteiger partial charge in [-0.2, -0.15) is 0 Å².